The summed E-state index contributed by atoms with van der Waals surface area (Å²) in [6.07, 6.45) is 6.07. The van der Waals surface area contributed by atoms with E-state index >= 15 is 0 Å². The third-order valence-corrected chi connectivity index (χ3v) is 5.49. The summed E-state index contributed by atoms with van der Waals surface area (Å²) in [5, 5.41) is 12.4. The molecule has 3 aliphatic carbocycles. The lowest BCUT2D eigenvalue weighted by Crippen LogP contribution is -2.58. The van der Waals surface area contributed by atoms with E-state index in [4.69, 9.17) is 5.26 Å². The second-order valence-electron chi connectivity index (χ2n) is 6.66. The molecule has 1 heterocycles. The summed E-state index contributed by atoms with van der Waals surface area (Å²) in [5.41, 5.74) is -0.973. The number of carbonyl (C=O) groups is 1. The van der Waals surface area contributed by atoms with Gasteiger partial charge >= 0.3 is 0 Å². The van der Waals surface area contributed by atoms with Gasteiger partial charge in [0, 0.05) is 12.1 Å². The Morgan fingerprint density at radius 2 is 1.95 bits per heavy atom. The number of hydrogen-bond donors (Lipinski definition) is 1. The van der Waals surface area contributed by atoms with Crippen molar-refractivity contribution in [3.8, 4) is 6.07 Å². The Morgan fingerprint density at radius 1 is 1.30 bits per heavy atom. The number of carbonyl (C=O) groups excluding carboxylic acids is 1. The average molecular weight is 279 g/mol. The van der Waals surface area contributed by atoms with Gasteiger partial charge in [-0.3, -0.25) is 4.79 Å². The number of nitriles is 1. The summed E-state index contributed by atoms with van der Waals surface area (Å²) < 4.78 is 14.1. The quantitative estimate of drug-likeness (QED) is 0.858. The van der Waals surface area contributed by atoms with Crippen LogP contribution in [0.3, 0.4) is 0 Å². The Hall–Kier alpha value is -1.15. The summed E-state index contributed by atoms with van der Waals surface area (Å²) in [6.45, 7) is 0.983. The Bertz CT molecular complexity index is 420. The van der Waals surface area contributed by atoms with E-state index in [1.54, 1.807) is 4.90 Å². The van der Waals surface area contributed by atoms with Gasteiger partial charge in [-0.15, -0.1) is 0 Å². The van der Waals surface area contributed by atoms with E-state index < -0.39 is 5.67 Å². The second kappa shape index (κ2) is 5.00. The lowest BCUT2D eigenvalue weighted by molar-refractivity contribution is -0.131. The second-order valence-corrected chi connectivity index (χ2v) is 6.66. The minimum absolute atomic E-state index is 0.0195. The van der Waals surface area contributed by atoms with Crippen molar-refractivity contribution < 1.29 is 9.18 Å². The van der Waals surface area contributed by atoms with Crippen molar-refractivity contribution >= 4 is 5.91 Å². The van der Waals surface area contributed by atoms with E-state index in [0.717, 1.165) is 32.1 Å². The van der Waals surface area contributed by atoms with Crippen molar-refractivity contribution in [1.82, 2.24) is 10.2 Å². The first kappa shape index (κ1) is 13.8. The number of alkyl halides is 1. The lowest BCUT2D eigenvalue weighted by atomic mass is 9.64. The molecule has 0 radical (unpaired) electrons. The molecule has 20 heavy (non-hydrogen) atoms. The van der Waals surface area contributed by atoms with E-state index in [0.29, 0.717) is 25.8 Å². The summed E-state index contributed by atoms with van der Waals surface area (Å²) in [5.74, 6) is 0.0195. The van der Waals surface area contributed by atoms with Gasteiger partial charge in [0.25, 0.3) is 0 Å². The molecule has 4 nitrogen and oxygen atoms in total. The molecule has 0 unspecified atom stereocenters. The van der Waals surface area contributed by atoms with Crippen LogP contribution in [0.5, 0.6) is 0 Å². The Balaban J connectivity index is 1.55. The lowest BCUT2D eigenvalue weighted by Gasteiger charge is -2.50. The zero-order valence-electron chi connectivity index (χ0n) is 11.8. The van der Waals surface area contributed by atoms with Gasteiger partial charge in [-0.1, -0.05) is 0 Å². The van der Waals surface area contributed by atoms with Crippen LogP contribution in [0, 0.1) is 11.3 Å². The van der Waals surface area contributed by atoms with Crippen LogP contribution < -0.4 is 5.32 Å². The van der Waals surface area contributed by atoms with Crippen LogP contribution in [0.1, 0.15) is 51.4 Å². The molecule has 4 aliphatic rings. The number of amides is 1. The highest BCUT2D eigenvalue weighted by molar-refractivity contribution is 5.79. The third kappa shape index (κ3) is 2.42. The van der Waals surface area contributed by atoms with Crippen molar-refractivity contribution in [1.29, 1.82) is 5.26 Å². The zero-order valence-corrected chi connectivity index (χ0v) is 11.8. The van der Waals surface area contributed by atoms with Crippen LogP contribution >= 0.6 is 0 Å². The van der Waals surface area contributed by atoms with Crippen LogP contribution in [0.25, 0.3) is 0 Å². The van der Waals surface area contributed by atoms with Crippen LogP contribution in [0.15, 0.2) is 0 Å². The van der Waals surface area contributed by atoms with Gasteiger partial charge in [-0.25, -0.2) is 4.39 Å². The Morgan fingerprint density at radius 3 is 2.55 bits per heavy atom. The van der Waals surface area contributed by atoms with E-state index in [2.05, 4.69) is 11.4 Å². The first-order valence-corrected chi connectivity index (χ1v) is 7.69. The van der Waals surface area contributed by atoms with Crippen LogP contribution in [-0.4, -0.2) is 41.1 Å². The SMILES string of the molecule is N#C[C@@H]1CCCN1C(=O)CNC12CCC(F)(CC1)CC2. The molecule has 0 aromatic rings. The van der Waals surface area contributed by atoms with E-state index in [1.807, 2.05) is 0 Å². The number of fused-ring (bicyclic) bond motifs is 3. The van der Waals surface area contributed by atoms with Gasteiger partial charge in [-0.2, -0.15) is 5.26 Å². The van der Waals surface area contributed by atoms with Gasteiger partial charge in [-0.05, 0) is 51.4 Å². The first-order chi connectivity index (χ1) is 9.56. The molecule has 5 heteroatoms. The van der Waals surface area contributed by atoms with Gasteiger partial charge in [0.2, 0.25) is 5.91 Å². The van der Waals surface area contributed by atoms with Crippen LogP contribution in [-0.2, 0) is 4.79 Å². The van der Waals surface area contributed by atoms with Crippen molar-refractivity contribution in [2.24, 2.45) is 0 Å². The standard InChI is InChI=1S/C15H22FN3O/c16-14-3-6-15(7-4-14,8-5-14)18-11-13(20)19-9-1-2-12(19)10-17/h12,18H,1-9,11H2/t12-,14?,15?/m0/s1. The molecule has 110 valence electrons. The fourth-order valence-corrected chi connectivity index (χ4v) is 3.97. The van der Waals surface area contributed by atoms with Gasteiger partial charge in [0.1, 0.15) is 11.7 Å². The summed E-state index contributed by atoms with van der Waals surface area (Å²) in [7, 11) is 0. The molecule has 0 aromatic heterocycles. The monoisotopic (exact) mass is 279 g/mol. The summed E-state index contributed by atoms with van der Waals surface area (Å²) in [4.78, 5) is 13.9. The number of likely N-dealkylation sites (tertiary alicyclic amines) is 1. The highest BCUT2D eigenvalue weighted by Gasteiger charge is 2.49. The van der Waals surface area contributed by atoms with Crippen molar-refractivity contribution in [3.05, 3.63) is 0 Å². The highest BCUT2D eigenvalue weighted by Crippen LogP contribution is 2.48. The normalized spacial score (nSPS) is 39.8. The Kier molecular flexibility index (Phi) is 3.45. The largest absolute Gasteiger partial charge is 0.326 e. The number of nitrogens with zero attached hydrogens (tertiary/aromatic N) is 2. The van der Waals surface area contributed by atoms with Crippen molar-refractivity contribution in [2.45, 2.75) is 68.6 Å². The molecule has 4 rings (SSSR count). The molecule has 1 N–H and O–H groups in total. The van der Waals surface area contributed by atoms with Crippen LogP contribution in [0.4, 0.5) is 4.39 Å². The van der Waals surface area contributed by atoms with E-state index in [9.17, 15) is 9.18 Å². The molecule has 1 amide bonds. The molecule has 1 aliphatic heterocycles. The molecule has 4 fully saturated rings. The van der Waals surface area contributed by atoms with Gasteiger partial charge in [0.15, 0.2) is 0 Å². The number of nitrogens with one attached hydrogen (secondary N) is 1. The van der Waals surface area contributed by atoms with Crippen molar-refractivity contribution in [2.75, 3.05) is 13.1 Å². The van der Waals surface area contributed by atoms with E-state index in [-0.39, 0.29) is 24.0 Å². The predicted octanol–water partition coefficient (Wildman–Crippen LogP) is 1.91. The fourth-order valence-electron chi connectivity index (χ4n) is 3.97. The zero-order chi connectivity index (χ0) is 14.2. The molecular weight excluding hydrogens is 257 g/mol. The highest BCUT2D eigenvalue weighted by atomic mass is 19.1. The smallest absolute Gasteiger partial charge is 0.237 e. The topological polar surface area (TPSA) is 56.1 Å². The molecule has 0 aromatic carbocycles. The minimum atomic E-state index is -0.936. The van der Waals surface area contributed by atoms with Gasteiger partial charge < -0.3 is 10.2 Å². The fraction of sp³-hybridized carbons (Fsp3) is 0.867. The average Bonchev–Trinajstić information content (AvgIpc) is 2.95. The maximum Gasteiger partial charge on any atom is 0.237 e. The first-order valence-electron chi connectivity index (χ1n) is 7.69. The predicted molar refractivity (Wildman–Crippen MR) is 72.6 cm³/mol. The number of hydrogen-bond acceptors (Lipinski definition) is 3. The number of rotatable bonds is 3. The number of halogens is 1. The van der Waals surface area contributed by atoms with Crippen molar-refractivity contribution in [3.63, 3.8) is 0 Å². The molecule has 1 saturated heterocycles. The van der Waals surface area contributed by atoms with Crippen LogP contribution in [0.2, 0.25) is 0 Å². The minimum Gasteiger partial charge on any atom is -0.326 e. The maximum absolute atomic E-state index is 14.1. The third-order valence-electron chi connectivity index (χ3n) is 5.49. The summed E-state index contributed by atoms with van der Waals surface area (Å²) in [6, 6.07) is 1.95. The summed E-state index contributed by atoms with van der Waals surface area (Å²) >= 11 is 0. The van der Waals surface area contributed by atoms with E-state index in [1.165, 1.54) is 0 Å². The maximum atomic E-state index is 14.1. The molecule has 0 spiro atoms. The molecular formula is C15H22FN3O. The van der Waals surface area contributed by atoms with Gasteiger partial charge in [0.05, 0.1) is 12.6 Å². The molecule has 3 saturated carbocycles. The molecule has 1 atom stereocenters. The molecule has 2 bridgehead atoms. The Labute approximate surface area is 119 Å².